The summed E-state index contributed by atoms with van der Waals surface area (Å²) in [6.45, 7) is 2.65. The number of aryl methyl sites for hydroxylation is 1. The number of nitrogen functional groups attached to an aromatic ring is 1. The van der Waals surface area contributed by atoms with Gasteiger partial charge in [-0.1, -0.05) is 6.92 Å². The van der Waals surface area contributed by atoms with Crippen LogP contribution in [0, 0.1) is 0 Å². The Bertz CT molecular complexity index is 612. The van der Waals surface area contributed by atoms with Gasteiger partial charge in [0.15, 0.2) is 0 Å². The predicted molar refractivity (Wildman–Crippen MR) is 78.8 cm³/mol. The predicted octanol–water partition coefficient (Wildman–Crippen LogP) is 2.08. The molecule has 0 spiro atoms. The van der Waals surface area contributed by atoms with Gasteiger partial charge in [-0.2, -0.15) is 0 Å². The molecule has 0 aliphatic carbocycles. The number of pyridine rings is 1. The molecule has 2 rings (SSSR count). The van der Waals surface area contributed by atoms with Gasteiger partial charge in [-0.3, -0.25) is 0 Å². The fourth-order valence-corrected chi connectivity index (χ4v) is 2.41. The zero-order chi connectivity index (χ0) is 14.5. The van der Waals surface area contributed by atoms with Crippen molar-refractivity contribution in [1.29, 1.82) is 0 Å². The average Bonchev–Trinajstić information content (AvgIpc) is 2.93. The molecule has 6 nitrogen and oxygen atoms in total. The summed E-state index contributed by atoms with van der Waals surface area (Å²) in [6.07, 6.45) is 4.29. The van der Waals surface area contributed by atoms with Crippen molar-refractivity contribution >= 4 is 28.8 Å². The molecule has 2 heterocycles. The summed E-state index contributed by atoms with van der Waals surface area (Å²) in [5, 5.41) is 4.09. The van der Waals surface area contributed by atoms with Crippen LogP contribution in [0.25, 0.3) is 0 Å². The molecule has 0 atom stereocenters. The maximum absolute atomic E-state index is 11.5. The van der Waals surface area contributed by atoms with Crippen molar-refractivity contribution in [2.24, 2.45) is 0 Å². The van der Waals surface area contributed by atoms with E-state index in [1.54, 1.807) is 17.4 Å². The minimum atomic E-state index is -0.476. The first-order chi connectivity index (χ1) is 9.63. The highest BCUT2D eigenvalue weighted by Crippen LogP contribution is 2.18. The molecule has 0 radical (unpaired) electrons. The minimum absolute atomic E-state index is 0.296. The van der Waals surface area contributed by atoms with Crippen LogP contribution >= 0.6 is 11.3 Å². The Kier molecular flexibility index (Phi) is 4.52. The van der Waals surface area contributed by atoms with Gasteiger partial charge in [-0.25, -0.2) is 14.8 Å². The van der Waals surface area contributed by atoms with Crippen LogP contribution in [0.2, 0.25) is 0 Å². The van der Waals surface area contributed by atoms with E-state index in [0.717, 1.165) is 11.4 Å². The van der Waals surface area contributed by atoms with Gasteiger partial charge in [0.1, 0.15) is 10.8 Å². The second-order valence-electron chi connectivity index (χ2n) is 4.08. The summed E-state index contributed by atoms with van der Waals surface area (Å²) in [5.74, 6) is 0.0864. The van der Waals surface area contributed by atoms with Gasteiger partial charge in [0, 0.05) is 11.1 Å². The van der Waals surface area contributed by atoms with Crippen LogP contribution in [0.1, 0.15) is 27.2 Å². The molecule has 2 aromatic heterocycles. The molecule has 20 heavy (non-hydrogen) atoms. The van der Waals surface area contributed by atoms with Crippen molar-refractivity contribution in [2.75, 3.05) is 18.2 Å². The van der Waals surface area contributed by atoms with Gasteiger partial charge >= 0.3 is 5.97 Å². The van der Waals surface area contributed by atoms with E-state index in [1.165, 1.54) is 18.2 Å². The lowest BCUT2D eigenvalue weighted by atomic mass is 10.2. The molecular weight excluding hydrogens is 276 g/mol. The second-order valence-corrected chi connectivity index (χ2v) is 5.28. The number of ether oxygens (including phenoxy) is 1. The Balaban J connectivity index is 2.08. The molecule has 0 aliphatic rings. The van der Waals surface area contributed by atoms with Gasteiger partial charge in [-0.15, -0.1) is 11.3 Å². The van der Waals surface area contributed by atoms with Crippen molar-refractivity contribution < 1.29 is 9.53 Å². The first kappa shape index (κ1) is 14.3. The zero-order valence-corrected chi connectivity index (χ0v) is 12.2. The summed E-state index contributed by atoms with van der Waals surface area (Å²) >= 11 is 1.65. The van der Waals surface area contributed by atoms with E-state index in [4.69, 9.17) is 5.73 Å². The number of esters is 1. The standard InChI is InChI=1S/C13H16N4O2S/c1-3-8-5-17-12(20-8)7-16-11-4-9(13(18)19-2)10(14)6-15-11/h4-6H,3,7,14H2,1-2H3,(H,15,16). The summed E-state index contributed by atoms with van der Waals surface area (Å²) in [6, 6.07) is 1.58. The van der Waals surface area contributed by atoms with E-state index >= 15 is 0 Å². The number of methoxy groups -OCH3 is 1. The number of nitrogens with zero attached hydrogens (tertiary/aromatic N) is 2. The van der Waals surface area contributed by atoms with E-state index in [0.29, 0.717) is 23.6 Å². The summed E-state index contributed by atoms with van der Waals surface area (Å²) < 4.78 is 4.67. The van der Waals surface area contributed by atoms with Crippen LogP contribution in [0.5, 0.6) is 0 Å². The number of aromatic nitrogens is 2. The van der Waals surface area contributed by atoms with Crippen molar-refractivity contribution in [3.05, 3.63) is 33.9 Å². The minimum Gasteiger partial charge on any atom is -0.465 e. The normalized spacial score (nSPS) is 10.3. The smallest absolute Gasteiger partial charge is 0.340 e. The van der Waals surface area contributed by atoms with Gasteiger partial charge in [0.2, 0.25) is 0 Å². The summed E-state index contributed by atoms with van der Waals surface area (Å²) in [7, 11) is 1.32. The molecule has 0 amide bonds. The topological polar surface area (TPSA) is 90.1 Å². The van der Waals surface area contributed by atoms with Crippen LogP contribution in [-0.4, -0.2) is 23.0 Å². The van der Waals surface area contributed by atoms with Crippen molar-refractivity contribution in [3.8, 4) is 0 Å². The number of carbonyl (C=O) groups is 1. The fraction of sp³-hybridized carbons (Fsp3) is 0.308. The van der Waals surface area contributed by atoms with Crippen LogP contribution in [-0.2, 0) is 17.7 Å². The second kappa shape index (κ2) is 6.33. The number of thiazole rings is 1. The molecule has 0 aromatic carbocycles. The van der Waals surface area contributed by atoms with Crippen LogP contribution < -0.4 is 11.1 Å². The third-order valence-corrected chi connectivity index (χ3v) is 3.85. The molecule has 7 heteroatoms. The average molecular weight is 292 g/mol. The lowest BCUT2D eigenvalue weighted by Crippen LogP contribution is -2.08. The molecule has 106 valence electrons. The number of nitrogens with one attached hydrogen (secondary N) is 1. The zero-order valence-electron chi connectivity index (χ0n) is 11.3. The number of hydrogen-bond acceptors (Lipinski definition) is 7. The van der Waals surface area contributed by atoms with E-state index in [-0.39, 0.29) is 0 Å². The van der Waals surface area contributed by atoms with E-state index in [1.807, 2.05) is 6.20 Å². The summed E-state index contributed by atoms with van der Waals surface area (Å²) in [5.41, 5.74) is 6.29. The Morgan fingerprint density at radius 2 is 2.25 bits per heavy atom. The molecule has 3 N–H and O–H groups in total. The molecule has 0 saturated heterocycles. The summed E-state index contributed by atoms with van der Waals surface area (Å²) in [4.78, 5) is 21.2. The monoisotopic (exact) mass is 292 g/mol. The first-order valence-electron chi connectivity index (χ1n) is 6.15. The van der Waals surface area contributed by atoms with Crippen LogP contribution in [0.15, 0.2) is 18.5 Å². The third-order valence-electron chi connectivity index (χ3n) is 2.71. The largest absolute Gasteiger partial charge is 0.465 e. The number of hydrogen-bond donors (Lipinski definition) is 2. The van der Waals surface area contributed by atoms with Gasteiger partial charge in [0.05, 0.1) is 31.1 Å². The van der Waals surface area contributed by atoms with E-state index in [9.17, 15) is 4.79 Å². The van der Waals surface area contributed by atoms with Gasteiger partial charge < -0.3 is 15.8 Å². The van der Waals surface area contributed by atoms with E-state index < -0.39 is 5.97 Å². The van der Waals surface area contributed by atoms with Crippen molar-refractivity contribution in [1.82, 2.24) is 9.97 Å². The molecule has 0 saturated carbocycles. The van der Waals surface area contributed by atoms with Gasteiger partial charge in [-0.05, 0) is 12.5 Å². The lowest BCUT2D eigenvalue weighted by molar-refractivity contribution is 0.0602. The molecular formula is C13H16N4O2S. The quantitative estimate of drug-likeness (QED) is 0.820. The van der Waals surface area contributed by atoms with Crippen LogP contribution in [0.3, 0.4) is 0 Å². The fourth-order valence-electron chi connectivity index (χ4n) is 1.61. The molecule has 2 aromatic rings. The highest BCUT2D eigenvalue weighted by Gasteiger charge is 2.11. The van der Waals surface area contributed by atoms with Crippen molar-refractivity contribution in [2.45, 2.75) is 19.9 Å². The SMILES string of the molecule is CCc1cnc(CNc2cc(C(=O)OC)c(N)cn2)s1. The number of nitrogens with two attached hydrogens (primary N) is 1. The number of anilines is 2. The van der Waals surface area contributed by atoms with Crippen molar-refractivity contribution in [3.63, 3.8) is 0 Å². The van der Waals surface area contributed by atoms with E-state index in [2.05, 4.69) is 26.9 Å². The molecule has 0 unspecified atom stereocenters. The Labute approximate surface area is 121 Å². The van der Waals surface area contributed by atoms with Crippen LogP contribution in [0.4, 0.5) is 11.5 Å². The number of carbonyl (C=O) groups excluding carboxylic acids is 1. The molecule has 0 fully saturated rings. The highest BCUT2D eigenvalue weighted by atomic mass is 32.1. The maximum atomic E-state index is 11.5. The van der Waals surface area contributed by atoms with Gasteiger partial charge in [0.25, 0.3) is 0 Å². The Morgan fingerprint density at radius 3 is 2.90 bits per heavy atom. The molecule has 0 bridgehead atoms. The number of rotatable bonds is 5. The maximum Gasteiger partial charge on any atom is 0.340 e. The lowest BCUT2D eigenvalue weighted by Gasteiger charge is -2.07. The highest BCUT2D eigenvalue weighted by molar-refractivity contribution is 7.11. The Morgan fingerprint density at radius 1 is 1.45 bits per heavy atom. The third kappa shape index (κ3) is 3.24. The molecule has 0 aliphatic heterocycles. The first-order valence-corrected chi connectivity index (χ1v) is 6.97. The Hall–Kier alpha value is -2.15.